The zero-order valence-electron chi connectivity index (χ0n) is 38.3. The molecule has 0 amide bonds. The van der Waals surface area contributed by atoms with Gasteiger partial charge in [0.05, 0.1) is 0 Å². The average molecular weight is 941 g/mol. The molecule has 0 atom stereocenters. The molecule has 9 rings (SSSR count). The van der Waals surface area contributed by atoms with Crippen LogP contribution in [0.15, 0.2) is 194 Å². The van der Waals surface area contributed by atoms with Crippen LogP contribution in [0.5, 0.6) is 0 Å². The van der Waals surface area contributed by atoms with E-state index in [0.717, 1.165) is 50.3 Å². The molecule has 0 bridgehead atoms. The molecule has 0 saturated heterocycles. The van der Waals surface area contributed by atoms with Gasteiger partial charge in [-0.1, -0.05) is 97.1 Å². The highest BCUT2D eigenvalue weighted by Gasteiger charge is 2.23. The summed E-state index contributed by atoms with van der Waals surface area (Å²) in [7, 11) is 0. The molecule has 0 N–H and O–H groups in total. The number of anilines is 6. The maximum atomic E-state index is 12.6. The van der Waals surface area contributed by atoms with E-state index in [1.54, 1.807) is 146 Å². The van der Waals surface area contributed by atoms with E-state index >= 15 is 0 Å². The Morgan fingerprint density at radius 2 is 0.375 bits per heavy atom. The van der Waals surface area contributed by atoms with Gasteiger partial charge in [-0.25, -0.2) is 0 Å². The first-order valence-electron chi connectivity index (χ1n) is 22.6. The zero-order valence-corrected chi connectivity index (χ0v) is 38.3. The molecule has 0 aliphatic carbocycles. The van der Waals surface area contributed by atoms with Crippen molar-refractivity contribution in [2.75, 3.05) is 9.80 Å². The highest BCUT2D eigenvalue weighted by Crippen LogP contribution is 2.44. The van der Waals surface area contributed by atoms with Crippen LogP contribution in [-0.4, -0.2) is 50.3 Å². The zero-order chi connectivity index (χ0) is 50.1. The number of nitrogens with zero attached hydrogens (tertiary/aromatic N) is 2. The molecule has 72 heavy (non-hydrogen) atoms. The number of rotatable bonds is 18. The average Bonchev–Trinajstić information content (AvgIpc) is 3.45. The summed E-state index contributed by atoms with van der Waals surface area (Å²) in [5.41, 5.74) is 10.7. The maximum absolute atomic E-state index is 12.6. The Hall–Kier alpha value is -10.1. The molecule has 0 unspecified atom stereocenters. The third-order valence-electron chi connectivity index (χ3n) is 12.6. The van der Waals surface area contributed by atoms with Crippen molar-refractivity contribution in [3.63, 3.8) is 0 Å². The van der Waals surface area contributed by atoms with E-state index in [1.165, 1.54) is 0 Å². The van der Waals surface area contributed by atoms with Crippen LogP contribution in [-0.2, 0) is 0 Å². The molecule has 0 heterocycles. The van der Waals surface area contributed by atoms with Crippen LogP contribution in [0, 0.1) is 0 Å². The first-order chi connectivity index (χ1) is 35.4. The summed E-state index contributed by atoms with van der Waals surface area (Å²) in [5.74, 6) is 0. The number of carbonyl (C=O) groups excluding carboxylic acids is 8. The Morgan fingerprint density at radius 1 is 0.194 bits per heavy atom. The van der Waals surface area contributed by atoms with E-state index in [2.05, 4.69) is 0 Å². The van der Waals surface area contributed by atoms with Gasteiger partial charge >= 0.3 is 0 Å². The second-order valence-electron chi connectivity index (χ2n) is 16.6. The maximum Gasteiger partial charge on any atom is 0.150 e. The van der Waals surface area contributed by atoms with Crippen molar-refractivity contribution in [3.8, 4) is 44.5 Å². The van der Waals surface area contributed by atoms with Crippen LogP contribution < -0.4 is 9.80 Å². The second kappa shape index (κ2) is 21.1. The Labute approximate surface area is 414 Å². The molecular weight excluding hydrogens is 901 g/mol. The lowest BCUT2D eigenvalue weighted by molar-refractivity contribution is 0.111. The summed E-state index contributed by atoms with van der Waals surface area (Å²) in [6.07, 6.45) is 5.88. The van der Waals surface area contributed by atoms with Gasteiger partial charge in [-0.05, 0) is 142 Å². The summed E-state index contributed by atoms with van der Waals surface area (Å²) in [6, 6.07) is 56.5. The topological polar surface area (TPSA) is 143 Å². The second-order valence-corrected chi connectivity index (χ2v) is 16.6. The number of aldehydes is 8. The molecule has 346 valence electrons. The van der Waals surface area contributed by atoms with Gasteiger partial charge in [0, 0.05) is 78.6 Å². The van der Waals surface area contributed by atoms with Gasteiger partial charge < -0.3 is 9.80 Å². The van der Waals surface area contributed by atoms with Gasteiger partial charge in [0.15, 0.2) is 50.3 Å². The standard InChI is InChI=1S/C62H40N2O8/c65-33-41-9-1-5-13-55(41)59-29-51(21-17-45(59)37-69)63(52-22-18-46(38-70)60(30-52)56-14-6-2-10-42(56)34-66)49-25-27-50(28-26-49)64(53-23-19-47(39-71)61(31-53)57-15-7-3-11-43(57)35-67)54-24-20-48(40-72)62(32-54)58-16-8-4-12-44(58)36-68/h1-40H. The SMILES string of the molecule is O=Cc1ccccc1-c1cc(N(c2ccc(N(c3ccc(C=O)c(-c4ccccc4C=O)c3)c3ccc(C=O)c(-c4ccccc4C=O)c3)cc2)c2ccc(C=O)c(-c3ccccc3C=O)c2)ccc1C=O. The number of hydrogen-bond acceptors (Lipinski definition) is 10. The van der Waals surface area contributed by atoms with E-state index in [0.29, 0.717) is 123 Å². The minimum Gasteiger partial charge on any atom is -0.310 e. The van der Waals surface area contributed by atoms with Crippen LogP contribution in [0.4, 0.5) is 34.1 Å². The van der Waals surface area contributed by atoms with Crippen LogP contribution in [0.2, 0.25) is 0 Å². The lowest BCUT2D eigenvalue weighted by Crippen LogP contribution is -2.13. The lowest BCUT2D eigenvalue weighted by Gasteiger charge is -2.30. The van der Waals surface area contributed by atoms with Gasteiger partial charge in [-0.15, -0.1) is 0 Å². The molecular formula is C62H40N2O8. The largest absolute Gasteiger partial charge is 0.310 e. The first kappa shape index (κ1) is 47.0. The number of benzene rings is 9. The number of hydrogen-bond donors (Lipinski definition) is 0. The predicted molar refractivity (Wildman–Crippen MR) is 281 cm³/mol. The third-order valence-corrected chi connectivity index (χ3v) is 12.6. The Morgan fingerprint density at radius 3 is 0.583 bits per heavy atom. The van der Waals surface area contributed by atoms with E-state index in [9.17, 15) is 38.4 Å². The van der Waals surface area contributed by atoms with Gasteiger partial charge in [-0.3, -0.25) is 38.4 Å². The fourth-order valence-corrected chi connectivity index (χ4v) is 9.10. The minimum atomic E-state index is 0.349. The molecule has 0 saturated carbocycles. The predicted octanol–water partition coefficient (Wildman–Crippen LogP) is 13.8. The normalized spacial score (nSPS) is 10.7. The van der Waals surface area contributed by atoms with Crippen molar-refractivity contribution in [1.29, 1.82) is 0 Å². The third kappa shape index (κ3) is 9.02. The van der Waals surface area contributed by atoms with E-state index in [-0.39, 0.29) is 0 Å². The summed E-state index contributed by atoms with van der Waals surface area (Å²) in [5, 5.41) is 0. The Balaban J connectivity index is 1.27. The highest BCUT2D eigenvalue weighted by atomic mass is 16.1. The van der Waals surface area contributed by atoms with Crippen molar-refractivity contribution >= 4 is 84.4 Å². The van der Waals surface area contributed by atoms with Crippen molar-refractivity contribution in [2.45, 2.75) is 0 Å². The summed E-state index contributed by atoms with van der Waals surface area (Å²) in [4.78, 5) is 104. The van der Waals surface area contributed by atoms with Crippen LogP contribution >= 0.6 is 0 Å². The molecule has 0 aromatic heterocycles. The fourth-order valence-electron chi connectivity index (χ4n) is 9.10. The first-order valence-corrected chi connectivity index (χ1v) is 22.6. The van der Waals surface area contributed by atoms with Crippen LogP contribution in [0.1, 0.15) is 82.9 Å². The summed E-state index contributed by atoms with van der Waals surface area (Å²) in [6.45, 7) is 0. The molecule has 10 nitrogen and oxygen atoms in total. The molecule has 0 aliphatic rings. The summed E-state index contributed by atoms with van der Waals surface area (Å²) < 4.78 is 0. The molecule has 9 aromatic carbocycles. The Bertz CT molecular complexity index is 3170. The van der Waals surface area contributed by atoms with E-state index in [4.69, 9.17) is 0 Å². The number of carbonyl (C=O) groups is 8. The van der Waals surface area contributed by atoms with Gasteiger partial charge in [0.1, 0.15) is 0 Å². The van der Waals surface area contributed by atoms with Gasteiger partial charge in [0.2, 0.25) is 0 Å². The Kier molecular flexibility index (Phi) is 13.8. The highest BCUT2D eigenvalue weighted by molar-refractivity contribution is 6.01. The van der Waals surface area contributed by atoms with E-state index in [1.807, 2.05) is 58.3 Å². The lowest BCUT2D eigenvalue weighted by atomic mass is 9.94. The fraction of sp³-hybridized carbons (Fsp3) is 0. The quantitative estimate of drug-likeness (QED) is 0.0763. The van der Waals surface area contributed by atoms with Crippen molar-refractivity contribution in [2.24, 2.45) is 0 Å². The van der Waals surface area contributed by atoms with E-state index < -0.39 is 0 Å². The molecule has 0 aliphatic heterocycles. The minimum absolute atomic E-state index is 0.349. The van der Waals surface area contributed by atoms with Gasteiger partial charge in [0.25, 0.3) is 0 Å². The van der Waals surface area contributed by atoms with Crippen LogP contribution in [0.3, 0.4) is 0 Å². The van der Waals surface area contributed by atoms with Crippen LogP contribution in [0.25, 0.3) is 44.5 Å². The molecule has 9 aromatic rings. The molecule has 10 heteroatoms. The van der Waals surface area contributed by atoms with Crippen molar-refractivity contribution in [1.82, 2.24) is 0 Å². The molecule has 0 radical (unpaired) electrons. The molecule has 0 spiro atoms. The molecule has 0 fully saturated rings. The van der Waals surface area contributed by atoms with Crippen molar-refractivity contribution < 1.29 is 38.4 Å². The monoisotopic (exact) mass is 940 g/mol. The summed E-state index contributed by atoms with van der Waals surface area (Å²) >= 11 is 0. The van der Waals surface area contributed by atoms with Gasteiger partial charge in [-0.2, -0.15) is 0 Å². The smallest absolute Gasteiger partial charge is 0.150 e. The van der Waals surface area contributed by atoms with Crippen molar-refractivity contribution in [3.05, 3.63) is 239 Å².